The van der Waals surface area contributed by atoms with E-state index in [4.69, 9.17) is 4.74 Å². The molecule has 0 spiro atoms. The lowest BCUT2D eigenvalue weighted by Crippen LogP contribution is -2.06. The Bertz CT molecular complexity index is 1350. The lowest BCUT2D eigenvalue weighted by Gasteiger charge is -2.20. The standard InChI is InChI=1S/C35H38F4O2/c1-5-8-22-41-31-21-20-28(33(37)35(31)39)23(4)10-11-24(7-3)12-13-27-18-19-29(34(38)32(27)36)25-14-16-26(17-15-25)30(40)9-6-2/h5,7,10-18,20-21,23,29-30,40H,1,6,8-9,19,22H2,2-4H3/b11-10-,13-12+,24-7+. The number of hydrogen-bond donors (Lipinski definition) is 1. The molecule has 2 aromatic carbocycles. The molecule has 0 saturated heterocycles. The monoisotopic (exact) mass is 566 g/mol. The summed E-state index contributed by atoms with van der Waals surface area (Å²) in [5.74, 6) is -5.05. The third-order valence-corrected chi connectivity index (χ3v) is 7.14. The van der Waals surface area contributed by atoms with E-state index in [2.05, 4.69) is 6.58 Å². The molecule has 2 aromatic rings. The van der Waals surface area contributed by atoms with Crippen LogP contribution in [0.3, 0.4) is 0 Å². The van der Waals surface area contributed by atoms with E-state index in [-0.39, 0.29) is 23.5 Å². The highest BCUT2D eigenvalue weighted by Gasteiger charge is 2.26. The van der Waals surface area contributed by atoms with Crippen LogP contribution >= 0.6 is 0 Å². The first-order valence-electron chi connectivity index (χ1n) is 14.0. The van der Waals surface area contributed by atoms with Gasteiger partial charge in [0.25, 0.3) is 0 Å². The van der Waals surface area contributed by atoms with E-state index in [1.807, 2.05) is 6.92 Å². The molecule has 1 aliphatic carbocycles. The number of aliphatic hydroxyl groups is 1. The van der Waals surface area contributed by atoms with Crippen LogP contribution in [0.1, 0.15) is 81.1 Å². The van der Waals surface area contributed by atoms with Crippen molar-refractivity contribution in [2.75, 3.05) is 6.61 Å². The Balaban J connectivity index is 1.67. The smallest absolute Gasteiger partial charge is 0.200 e. The maximum Gasteiger partial charge on any atom is 0.200 e. The highest BCUT2D eigenvalue weighted by molar-refractivity contribution is 5.47. The lowest BCUT2D eigenvalue weighted by molar-refractivity contribution is 0.166. The number of aliphatic hydroxyl groups excluding tert-OH is 1. The van der Waals surface area contributed by atoms with Crippen LogP contribution < -0.4 is 4.74 Å². The van der Waals surface area contributed by atoms with Crippen molar-refractivity contribution >= 4 is 0 Å². The molecule has 0 heterocycles. The summed E-state index contributed by atoms with van der Waals surface area (Å²) in [7, 11) is 0. The topological polar surface area (TPSA) is 29.5 Å². The average Bonchev–Trinajstić information content (AvgIpc) is 2.97. The van der Waals surface area contributed by atoms with Crippen molar-refractivity contribution in [2.45, 2.75) is 64.4 Å². The van der Waals surface area contributed by atoms with Gasteiger partial charge in [0.1, 0.15) is 5.83 Å². The maximum absolute atomic E-state index is 15.1. The minimum atomic E-state index is -1.03. The zero-order valence-corrected chi connectivity index (χ0v) is 23.8. The fourth-order valence-corrected chi connectivity index (χ4v) is 4.60. The molecule has 1 aliphatic rings. The first-order chi connectivity index (χ1) is 19.7. The molecule has 218 valence electrons. The number of rotatable bonds is 13. The maximum atomic E-state index is 15.1. The third kappa shape index (κ3) is 8.20. The number of benzene rings is 2. The highest BCUT2D eigenvalue weighted by Crippen LogP contribution is 2.39. The fraction of sp³-hybridized carbons (Fsp3) is 0.314. The van der Waals surface area contributed by atoms with Gasteiger partial charge in [-0.3, -0.25) is 0 Å². The van der Waals surface area contributed by atoms with Gasteiger partial charge in [-0.1, -0.05) is 93.1 Å². The number of halogens is 4. The summed E-state index contributed by atoms with van der Waals surface area (Å²) in [4.78, 5) is 0. The van der Waals surface area contributed by atoms with Crippen LogP contribution in [0.15, 0.2) is 108 Å². The second-order valence-corrected chi connectivity index (χ2v) is 10.1. The molecule has 3 unspecified atom stereocenters. The zero-order valence-electron chi connectivity index (χ0n) is 23.8. The molecular formula is C35H38F4O2. The quantitative estimate of drug-likeness (QED) is 0.113. The van der Waals surface area contributed by atoms with Gasteiger partial charge in [0.2, 0.25) is 5.82 Å². The van der Waals surface area contributed by atoms with Gasteiger partial charge in [-0.25, -0.2) is 13.2 Å². The Morgan fingerprint density at radius 2 is 1.80 bits per heavy atom. The normalized spacial score (nSPS) is 17.7. The molecule has 0 aliphatic heterocycles. The fourth-order valence-electron chi connectivity index (χ4n) is 4.60. The molecule has 1 N–H and O–H groups in total. The van der Waals surface area contributed by atoms with Gasteiger partial charge >= 0.3 is 0 Å². The number of ether oxygens (including phenoxy) is 1. The van der Waals surface area contributed by atoms with E-state index < -0.39 is 41.2 Å². The van der Waals surface area contributed by atoms with E-state index in [1.165, 1.54) is 18.2 Å². The summed E-state index contributed by atoms with van der Waals surface area (Å²) in [6.07, 6.45) is 13.4. The Hall–Kier alpha value is -3.64. The summed E-state index contributed by atoms with van der Waals surface area (Å²) in [5.41, 5.74) is 2.43. The second-order valence-electron chi connectivity index (χ2n) is 10.1. The predicted molar refractivity (Wildman–Crippen MR) is 158 cm³/mol. The largest absolute Gasteiger partial charge is 0.490 e. The molecule has 0 radical (unpaired) electrons. The molecule has 2 nitrogen and oxygen atoms in total. The second kappa shape index (κ2) is 15.4. The van der Waals surface area contributed by atoms with Crippen LogP contribution in [0, 0.1) is 11.6 Å². The summed E-state index contributed by atoms with van der Waals surface area (Å²) in [6.45, 7) is 9.30. The van der Waals surface area contributed by atoms with E-state index >= 15 is 8.78 Å². The van der Waals surface area contributed by atoms with Crippen molar-refractivity contribution in [1.29, 1.82) is 0 Å². The summed E-state index contributed by atoms with van der Waals surface area (Å²) >= 11 is 0. The molecule has 6 heteroatoms. The van der Waals surface area contributed by atoms with Gasteiger partial charge in [0.15, 0.2) is 17.4 Å². The first-order valence-corrected chi connectivity index (χ1v) is 14.0. The van der Waals surface area contributed by atoms with Crippen molar-refractivity contribution in [1.82, 2.24) is 0 Å². The third-order valence-electron chi connectivity index (χ3n) is 7.14. The summed E-state index contributed by atoms with van der Waals surface area (Å²) in [6, 6.07) is 9.91. The highest BCUT2D eigenvalue weighted by atomic mass is 19.2. The minimum Gasteiger partial charge on any atom is -0.490 e. The summed E-state index contributed by atoms with van der Waals surface area (Å²) < 4.78 is 64.5. The minimum absolute atomic E-state index is 0.144. The lowest BCUT2D eigenvalue weighted by atomic mass is 9.87. The van der Waals surface area contributed by atoms with Crippen molar-refractivity contribution < 1.29 is 27.4 Å². The van der Waals surface area contributed by atoms with Gasteiger partial charge in [-0.15, -0.1) is 6.58 Å². The van der Waals surface area contributed by atoms with Crippen molar-refractivity contribution in [3.8, 4) is 5.75 Å². The molecule has 0 amide bonds. The van der Waals surface area contributed by atoms with Crippen LogP contribution in [0.5, 0.6) is 5.75 Å². The van der Waals surface area contributed by atoms with Gasteiger partial charge in [0.05, 0.1) is 12.7 Å². The van der Waals surface area contributed by atoms with Crippen LogP contribution in [0.2, 0.25) is 0 Å². The molecule has 3 atom stereocenters. The first kappa shape index (κ1) is 31.9. The number of hydrogen-bond acceptors (Lipinski definition) is 2. The van der Waals surface area contributed by atoms with E-state index in [0.29, 0.717) is 30.4 Å². The van der Waals surface area contributed by atoms with Gasteiger partial charge in [-0.2, -0.15) is 4.39 Å². The van der Waals surface area contributed by atoms with Crippen molar-refractivity contribution in [2.24, 2.45) is 0 Å². The zero-order chi connectivity index (χ0) is 29.9. The van der Waals surface area contributed by atoms with Crippen LogP contribution in [-0.4, -0.2) is 11.7 Å². The Morgan fingerprint density at radius 1 is 1.07 bits per heavy atom. The molecule has 0 aromatic heterocycles. The molecule has 0 fully saturated rings. The van der Waals surface area contributed by atoms with Gasteiger partial charge in [-0.05, 0) is 54.5 Å². The van der Waals surface area contributed by atoms with E-state index in [1.54, 1.807) is 74.6 Å². The summed E-state index contributed by atoms with van der Waals surface area (Å²) in [5, 5.41) is 10.2. The predicted octanol–water partition coefficient (Wildman–Crippen LogP) is 10.2. The molecule has 0 bridgehead atoms. The Kier molecular flexibility index (Phi) is 12.0. The Labute approximate surface area is 240 Å². The van der Waals surface area contributed by atoms with E-state index in [0.717, 1.165) is 12.0 Å². The SMILES string of the molecule is C=CCCOc1ccc(C(C)\C=C/C(/C=C/C2=CCC(c3ccc(C(O)CCC)cc3)C(F)=C2F)=C\C)c(F)c1F. The van der Waals surface area contributed by atoms with Gasteiger partial charge in [0, 0.05) is 17.4 Å². The molecular weight excluding hydrogens is 528 g/mol. The van der Waals surface area contributed by atoms with E-state index in [9.17, 15) is 13.9 Å². The average molecular weight is 567 g/mol. The van der Waals surface area contributed by atoms with Crippen molar-refractivity contribution in [3.05, 3.63) is 137 Å². The molecule has 41 heavy (non-hydrogen) atoms. The van der Waals surface area contributed by atoms with Crippen molar-refractivity contribution in [3.63, 3.8) is 0 Å². The van der Waals surface area contributed by atoms with Crippen LogP contribution in [-0.2, 0) is 0 Å². The number of allylic oxidation sites excluding steroid dienone is 10. The van der Waals surface area contributed by atoms with Gasteiger partial charge < -0.3 is 9.84 Å². The molecule has 0 saturated carbocycles. The molecule has 3 rings (SSSR count). The van der Waals surface area contributed by atoms with Crippen LogP contribution in [0.4, 0.5) is 17.6 Å². The van der Waals surface area contributed by atoms with Crippen LogP contribution in [0.25, 0.3) is 0 Å². The Morgan fingerprint density at radius 3 is 2.46 bits per heavy atom.